The van der Waals surface area contributed by atoms with E-state index >= 15 is 0 Å². The van der Waals surface area contributed by atoms with E-state index in [-0.39, 0.29) is 0 Å². The van der Waals surface area contributed by atoms with Crippen molar-refractivity contribution < 1.29 is 0 Å². The first-order chi connectivity index (χ1) is 11.6. The number of aromatic nitrogens is 3. The number of rotatable bonds is 2. The summed E-state index contributed by atoms with van der Waals surface area (Å²) in [6, 6.07) is 17.4. The zero-order valence-corrected chi connectivity index (χ0v) is 14.8. The van der Waals surface area contributed by atoms with E-state index in [2.05, 4.69) is 26.0 Å². The molecule has 2 heterocycles. The third-order valence-corrected chi connectivity index (χ3v) is 4.60. The third-order valence-electron chi connectivity index (χ3n) is 3.82. The van der Waals surface area contributed by atoms with Gasteiger partial charge in [-0.25, -0.2) is 4.98 Å². The maximum atomic E-state index is 6.32. The molecule has 0 saturated heterocycles. The molecule has 0 aliphatic rings. The zero-order valence-electron chi connectivity index (χ0n) is 12.4. The maximum absolute atomic E-state index is 6.32. The van der Waals surface area contributed by atoms with Gasteiger partial charge >= 0.3 is 0 Å². The highest BCUT2D eigenvalue weighted by atomic mass is 79.9. The Bertz CT molecular complexity index is 1020. The number of hydrogen-bond donors (Lipinski definition) is 1. The van der Waals surface area contributed by atoms with E-state index in [4.69, 9.17) is 17.3 Å². The normalized spacial score (nSPS) is 11.1. The van der Waals surface area contributed by atoms with Crippen LogP contribution in [0.15, 0.2) is 65.3 Å². The average molecular weight is 400 g/mol. The van der Waals surface area contributed by atoms with Crippen LogP contribution in [0.2, 0.25) is 5.02 Å². The standard InChI is InChI=1S/C18H12BrClN4/c19-13-5-1-12(2-6-13)16-9-17-22-10-15(18(21)24(17)23-16)11-3-7-14(20)8-4-11/h1-10H,21H2. The minimum Gasteiger partial charge on any atom is -0.383 e. The smallest absolute Gasteiger partial charge is 0.157 e. The van der Waals surface area contributed by atoms with Crippen LogP contribution in [0.1, 0.15) is 0 Å². The second-order valence-corrected chi connectivity index (χ2v) is 6.72. The molecule has 118 valence electrons. The molecule has 0 aliphatic carbocycles. The van der Waals surface area contributed by atoms with Gasteiger partial charge in [0.1, 0.15) is 5.82 Å². The molecule has 4 aromatic rings. The lowest BCUT2D eigenvalue weighted by Gasteiger charge is -2.07. The molecule has 24 heavy (non-hydrogen) atoms. The van der Waals surface area contributed by atoms with Gasteiger partial charge in [0.15, 0.2) is 5.65 Å². The summed E-state index contributed by atoms with van der Waals surface area (Å²) in [7, 11) is 0. The van der Waals surface area contributed by atoms with E-state index < -0.39 is 0 Å². The highest BCUT2D eigenvalue weighted by Crippen LogP contribution is 2.28. The molecule has 0 spiro atoms. The van der Waals surface area contributed by atoms with Crippen molar-refractivity contribution in [2.75, 3.05) is 5.73 Å². The van der Waals surface area contributed by atoms with E-state index in [0.717, 1.165) is 26.9 Å². The summed E-state index contributed by atoms with van der Waals surface area (Å²) in [5.74, 6) is 0.547. The SMILES string of the molecule is Nc1c(-c2ccc(Cl)cc2)cnc2cc(-c3ccc(Br)cc3)nn12. The van der Waals surface area contributed by atoms with Gasteiger partial charge in [-0.2, -0.15) is 9.61 Å². The fraction of sp³-hybridized carbons (Fsp3) is 0. The van der Waals surface area contributed by atoms with Crippen LogP contribution in [0, 0.1) is 0 Å². The van der Waals surface area contributed by atoms with Crippen molar-refractivity contribution in [2.45, 2.75) is 0 Å². The lowest BCUT2D eigenvalue weighted by atomic mass is 10.1. The van der Waals surface area contributed by atoms with Crippen molar-refractivity contribution >= 4 is 39.0 Å². The third kappa shape index (κ3) is 2.66. The number of anilines is 1. The van der Waals surface area contributed by atoms with Gasteiger partial charge in [-0.1, -0.05) is 51.8 Å². The highest BCUT2D eigenvalue weighted by Gasteiger charge is 2.12. The Morgan fingerprint density at radius 3 is 2.33 bits per heavy atom. The summed E-state index contributed by atoms with van der Waals surface area (Å²) in [6.07, 6.45) is 1.76. The van der Waals surface area contributed by atoms with Crippen molar-refractivity contribution in [3.05, 3.63) is 70.3 Å². The fourth-order valence-corrected chi connectivity index (χ4v) is 2.96. The summed E-state index contributed by atoms with van der Waals surface area (Å²) in [5.41, 5.74) is 10.6. The Hall–Kier alpha value is -2.37. The van der Waals surface area contributed by atoms with Crippen LogP contribution >= 0.6 is 27.5 Å². The van der Waals surface area contributed by atoms with Crippen molar-refractivity contribution in [1.29, 1.82) is 0 Å². The van der Waals surface area contributed by atoms with Crippen LogP contribution < -0.4 is 5.73 Å². The number of benzene rings is 2. The number of fused-ring (bicyclic) bond motifs is 1. The molecule has 2 aromatic heterocycles. The van der Waals surface area contributed by atoms with Gasteiger partial charge in [-0.05, 0) is 29.8 Å². The van der Waals surface area contributed by atoms with Crippen molar-refractivity contribution in [1.82, 2.24) is 14.6 Å². The largest absolute Gasteiger partial charge is 0.383 e. The molecular weight excluding hydrogens is 388 g/mol. The molecule has 0 radical (unpaired) electrons. The molecule has 2 aromatic carbocycles. The first-order valence-electron chi connectivity index (χ1n) is 7.28. The van der Waals surface area contributed by atoms with Gasteiger partial charge in [0, 0.05) is 32.9 Å². The van der Waals surface area contributed by atoms with E-state index in [1.165, 1.54) is 0 Å². The number of nitrogens with zero attached hydrogens (tertiary/aromatic N) is 3. The monoisotopic (exact) mass is 398 g/mol. The number of nitrogens with two attached hydrogens (primary N) is 1. The number of halogens is 2. The molecule has 0 amide bonds. The van der Waals surface area contributed by atoms with Gasteiger partial charge in [0.05, 0.1) is 5.69 Å². The molecule has 0 aliphatic heterocycles. The Morgan fingerprint density at radius 1 is 0.958 bits per heavy atom. The molecule has 0 bridgehead atoms. The van der Waals surface area contributed by atoms with Gasteiger partial charge in [-0.15, -0.1) is 0 Å². The van der Waals surface area contributed by atoms with Crippen LogP contribution in [0.4, 0.5) is 5.82 Å². The molecule has 0 atom stereocenters. The highest BCUT2D eigenvalue weighted by molar-refractivity contribution is 9.10. The van der Waals surface area contributed by atoms with E-state index in [0.29, 0.717) is 16.5 Å². The van der Waals surface area contributed by atoms with Crippen molar-refractivity contribution in [2.24, 2.45) is 0 Å². The van der Waals surface area contributed by atoms with E-state index in [9.17, 15) is 0 Å². The molecule has 0 unspecified atom stereocenters. The average Bonchev–Trinajstić information content (AvgIpc) is 3.02. The Balaban J connectivity index is 1.84. The summed E-state index contributed by atoms with van der Waals surface area (Å²) >= 11 is 9.39. The minimum absolute atomic E-state index is 0.547. The van der Waals surface area contributed by atoms with Gasteiger partial charge in [0.2, 0.25) is 0 Å². The number of hydrogen-bond acceptors (Lipinski definition) is 3. The lowest BCUT2D eigenvalue weighted by molar-refractivity contribution is 0.958. The summed E-state index contributed by atoms with van der Waals surface area (Å²) in [5, 5.41) is 5.29. The molecule has 4 rings (SSSR count). The Morgan fingerprint density at radius 2 is 1.62 bits per heavy atom. The molecule has 4 nitrogen and oxygen atoms in total. The fourth-order valence-electron chi connectivity index (χ4n) is 2.56. The number of nitrogen functional groups attached to an aromatic ring is 1. The van der Waals surface area contributed by atoms with Gasteiger partial charge < -0.3 is 5.73 Å². The lowest BCUT2D eigenvalue weighted by Crippen LogP contribution is -2.02. The minimum atomic E-state index is 0.547. The van der Waals surface area contributed by atoms with Crippen LogP contribution in [0.5, 0.6) is 0 Å². The van der Waals surface area contributed by atoms with Crippen molar-refractivity contribution in [3.8, 4) is 22.4 Å². The summed E-state index contributed by atoms with van der Waals surface area (Å²) in [6.45, 7) is 0. The van der Waals surface area contributed by atoms with Crippen LogP contribution in [0.3, 0.4) is 0 Å². The van der Waals surface area contributed by atoms with Gasteiger partial charge in [0.25, 0.3) is 0 Å². The van der Waals surface area contributed by atoms with Crippen molar-refractivity contribution in [3.63, 3.8) is 0 Å². The topological polar surface area (TPSA) is 56.2 Å². The first kappa shape index (κ1) is 15.2. The predicted octanol–water partition coefficient (Wildman–Crippen LogP) is 5.06. The molecule has 0 saturated carbocycles. The summed E-state index contributed by atoms with van der Waals surface area (Å²) in [4.78, 5) is 4.48. The van der Waals surface area contributed by atoms with Gasteiger partial charge in [-0.3, -0.25) is 0 Å². The van der Waals surface area contributed by atoms with E-state index in [1.54, 1.807) is 10.7 Å². The predicted molar refractivity (Wildman–Crippen MR) is 101 cm³/mol. The Labute approximate surface area is 152 Å². The van der Waals surface area contributed by atoms with Crippen LogP contribution in [0.25, 0.3) is 28.0 Å². The maximum Gasteiger partial charge on any atom is 0.157 e. The quantitative estimate of drug-likeness (QED) is 0.512. The molecular formula is C18H12BrClN4. The molecule has 6 heteroatoms. The second-order valence-electron chi connectivity index (χ2n) is 5.37. The summed E-state index contributed by atoms with van der Waals surface area (Å²) < 4.78 is 2.69. The molecule has 2 N–H and O–H groups in total. The zero-order chi connectivity index (χ0) is 16.7. The van der Waals surface area contributed by atoms with Crippen LogP contribution in [-0.4, -0.2) is 14.6 Å². The van der Waals surface area contributed by atoms with Crippen LogP contribution in [-0.2, 0) is 0 Å². The molecule has 0 fully saturated rings. The first-order valence-corrected chi connectivity index (χ1v) is 8.45. The second kappa shape index (κ2) is 5.92. The van der Waals surface area contributed by atoms with E-state index in [1.807, 2.05) is 54.6 Å². The Kier molecular flexibility index (Phi) is 3.75.